The van der Waals surface area contributed by atoms with E-state index in [0.717, 1.165) is 6.07 Å². The van der Waals surface area contributed by atoms with Crippen LogP contribution >= 0.6 is 6.83 Å². The van der Waals surface area contributed by atoms with Gasteiger partial charge in [-0.2, -0.15) is 0 Å². The van der Waals surface area contributed by atoms with E-state index < -0.39 is 40.0 Å². The van der Waals surface area contributed by atoms with Crippen molar-refractivity contribution in [3.63, 3.8) is 0 Å². The van der Waals surface area contributed by atoms with Crippen molar-refractivity contribution in [2.45, 2.75) is 4.90 Å². The van der Waals surface area contributed by atoms with E-state index in [1.54, 1.807) is 32.7 Å². The zero-order valence-electron chi connectivity index (χ0n) is 14.2. The summed E-state index contributed by atoms with van der Waals surface area (Å²) in [7, 11) is -4.30. The topological polar surface area (TPSA) is 118 Å². The average molecular weight is 386 g/mol. The van der Waals surface area contributed by atoms with Crippen molar-refractivity contribution >= 4 is 39.7 Å². The van der Waals surface area contributed by atoms with Crippen molar-refractivity contribution in [3.05, 3.63) is 41.5 Å². The normalized spacial score (nSPS) is 14.0. The molecule has 0 unspecified atom stereocenters. The van der Waals surface area contributed by atoms with Crippen LogP contribution in [0.25, 0.3) is 10.8 Å². The van der Waals surface area contributed by atoms with Crippen LogP contribution in [0.5, 0.6) is 0 Å². The van der Waals surface area contributed by atoms with Crippen molar-refractivity contribution in [2.24, 2.45) is 0 Å². The monoisotopic (exact) mass is 386 g/mol. The summed E-state index contributed by atoms with van der Waals surface area (Å²) in [6, 6.07) is 6.71. The van der Waals surface area contributed by atoms with E-state index in [1.807, 2.05) is 0 Å². The summed E-state index contributed by atoms with van der Waals surface area (Å²) in [5, 5.41) is 18.9. The first-order chi connectivity index (χ1) is 11.2. The Morgan fingerprint density at radius 2 is 1.48 bits per heavy atom. The number of fused-ring (bicyclic) bond motifs is 1. The molecule has 2 aromatic carbocycles. The molecular weight excluding hydrogens is 367 g/mol. The second-order valence-electron chi connectivity index (χ2n) is 7.40. The van der Waals surface area contributed by atoms with Crippen LogP contribution in [-0.4, -0.2) is 57.2 Å². The second-order valence-corrected chi connectivity index (χ2v) is 16.2. The Balaban J connectivity index is 2.94. The number of carboxylic acids is 2. The number of hydrogen-bond donors (Lipinski definition) is 2. The minimum absolute atomic E-state index is 0.0248. The molecule has 0 saturated heterocycles. The molecule has 0 heterocycles. The minimum atomic E-state index is -4.30. The van der Waals surface area contributed by atoms with Crippen LogP contribution in [-0.2, 0) is 14.1 Å². The van der Waals surface area contributed by atoms with Gasteiger partial charge in [0.2, 0.25) is 0 Å². The van der Waals surface area contributed by atoms with Gasteiger partial charge in [-0.05, 0) is 0 Å². The van der Waals surface area contributed by atoms with Gasteiger partial charge in [0, 0.05) is 0 Å². The molecule has 2 rings (SSSR count). The molecule has 0 atom stereocenters. The van der Waals surface area contributed by atoms with Gasteiger partial charge in [-0.1, -0.05) is 0 Å². The quantitative estimate of drug-likeness (QED) is 0.759. The Morgan fingerprint density at radius 3 is 1.92 bits per heavy atom. The summed E-state index contributed by atoms with van der Waals surface area (Å²) >= 11 is 0. The van der Waals surface area contributed by atoms with E-state index >= 15 is 0 Å². The van der Waals surface area contributed by atoms with Gasteiger partial charge in [-0.15, -0.1) is 0 Å². The number of carbonyl (C=O) groups is 2. The van der Waals surface area contributed by atoms with Crippen molar-refractivity contribution in [1.29, 1.82) is 0 Å². The van der Waals surface area contributed by atoms with Gasteiger partial charge in [-0.25, -0.2) is 0 Å². The van der Waals surface area contributed by atoms with Gasteiger partial charge in [0.05, 0.1) is 0 Å². The molecule has 0 radical (unpaired) electrons. The third-order valence-electron chi connectivity index (χ3n) is 3.12. The molecule has 7 nitrogen and oxygen atoms in total. The predicted octanol–water partition coefficient (Wildman–Crippen LogP) is 2.93. The van der Waals surface area contributed by atoms with Gasteiger partial charge in [0.1, 0.15) is 0 Å². The van der Waals surface area contributed by atoms with Gasteiger partial charge < -0.3 is 0 Å². The molecule has 2 N–H and O–H groups in total. The van der Waals surface area contributed by atoms with Gasteiger partial charge in [-0.3, -0.25) is 0 Å². The Hall–Kier alpha value is -2.02. The number of carboxylic acid groups (broad SMARTS) is 2. The second kappa shape index (κ2) is 5.76. The molecule has 0 aliphatic carbocycles. The average Bonchev–Trinajstić information content (AvgIpc) is 2.41. The van der Waals surface area contributed by atoms with E-state index in [9.17, 15) is 28.2 Å². The molecule has 0 aliphatic heterocycles. The molecule has 25 heavy (non-hydrogen) atoms. The van der Waals surface area contributed by atoms with Crippen LogP contribution in [0.3, 0.4) is 0 Å². The summed E-state index contributed by atoms with van der Waals surface area (Å²) in [6.07, 6.45) is 0. The maximum atomic E-state index is 12.8. The van der Waals surface area contributed by atoms with Crippen molar-refractivity contribution in [1.82, 2.24) is 0 Å². The van der Waals surface area contributed by atoms with Crippen LogP contribution in [0.2, 0.25) is 0 Å². The van der Waals surface area contributed by atoms with Crippen LogP contribution in [0.15, 0.2) is 35.2 Å². The summed E-state index contributed by atoms with van der Waals surface area (Å²) in [5.74, 6) is -2.98. The van der Waals surface area contributed by atoms with Crippen LogP contribution in [0.1, 0.15) is 20.7 Å². The molecule has 2 aromatic rings. The summed E-state index contributed by atoms with van der Waals surface area (Å²) in [5.41, 5.74) is -1.06. The van der Waals surface area contributed by atoms with Crippen molar-refractivity contribution in [2.75, 3.05) is 26.7 Å². The zero-order chi connectivity index (χ0) is 19.2. The van der Waals surface area contributed by atoms with Crippen LogP contribution < -0.4 is 0 Å². The van der Waals surface area contributed by atoms with E-state index in [-0.39, 0.29) is 15.7 Å². The molecule has 0 saturated carbocycles. The molecule has 9 heteroatoms. The Bertz CT molecular complexity index is 991. The standard InChI is InChI=1S/C16H19O7PS/c1-24(2,3,4)23-25(21,22)13-9-12(15(17)18)14(16(19)20)11-8-6-5-7-10(11)13/h5-9H,1-4H3,(H,17,18)(H,19,20). The third-order valence-corrected chi connectivity index (χ3v) is 7.16. The predicted molar refractivity (Wildman–Crippen MR) is 96.8 cm³/mol. The summed E-state index contributed by atoms with van der Waals surface area (Å²) < 4.78 is 31.0. The van der Waals surface area contributed by atoms with Crippen LogP contribution in [0, 0.1) is 0 Å². The van der Waals surface area contributed by atoms with E-state index in [2.05, 4.69) is 0 Å². The Kier molecular flexibility index (Phi) is 4.45. The molecule has 0 amide bonds. The molecule has 0 fully saturated rings. The first-order valence-electron chi connectivity index (χ1n) is 7.19. The fraction of sp³-hybridized carbons (Fsp3) is 0.250. The first kappa shape index (κ1) is 19.3. The van der Waals surface area contributed by atoms with Gasteiger partial charge >= 0.3 is 145 Å². The summed E-state index contributed by atoms with van der Waals surface area (Å²) in [4.78, 5) is 22.7. The number of benzene rings is 2. The summed E-state index contributed by atoms with van der Waals surface area (Å²) in [6.45, 7) is 3.79. The first-order valence-corrected chi connectivity index (χ1v) is 12.5. The Labute approximate surface area is 145 Å². The van der Waals surface area contributed by atoms with Gasteiger partial charge in [0.15, 0.2) is 0 Å². The Morgan fingerprint density at radius 1 is 0.960 bits per heavy atom. The van der Waals surface area contributed by atoms with E-state index in [4.69, 9.17) is 3.97 Å². The maximum absolute atomic E-state index is 12.8. The van der Waals surface area contributed by atoms with E-state index in [1.165, 1.54) is 18.2 Å². The van der Waals surface area contributed by atoms with Crippen molar-refractivity contribution in [3.8, 4) is 0 Å². The van der Waals surface area contributed by atoms with Crippen LogP contribution in [0.4, 0.5) is 0 Å². The van der Waals surface area contributed by atoms with Gasteiger partial charge in [0.25, 0.3) is 0 Å². The third kappa shape index (κ3) is 4.15. The molecule has 0 aromatic heterocycles. The number of rotatable bonds is 5. The van der Waals surface area contributed by atoms with Crippen molar-refractivity contribution < 1.29 is 32.2 Å². The molecular formula is C16H19O7PS. The number of aromatic carboxylic acids is 2. The van der Waals surface area contributed by atoms with E-state index in [0.29, 0.717) is 0 Å². The SMILES string of the molecule is CP(C)(C)(C)OS(=O)(=O)c1cc(C(=O)O)c(C(=O)O)c2ccccc12. The molecule has 0 aliphatic rings. The molecule has 136 valence electrons. The zero-order valence-corrected chi connectivity index (χ0v) is 15.9. The number of hydrogen-bond acceptors (Lipinski definition) is 5. The fourth-order valence-corrected chi connectivity index (χ4v) is 6.55. The molecule has 0 bridgehead atoms. The molecule has 0 spiro atoms. The fourth-order valence-electron chi connectivity index (χ4n) is 2.38.